The lowest BCUT2D eigenvalue weighted by atomic mass is 10.2. The Morgan fingerprint density at radius 1 is 1.12 bits per heavy atom. The Kier molecular flexibility index (Phi) is 5.38. The normalized spacial score (nSPS) is 9.92. The van der Waals surface area contributed by atoms with Crippen molar-refractivity contribution >= 4 is 34.4 Å². The second-order valence-electron chi connectivity index (χ2n) is 4.60. The number of non-ortho nitro benzene ring substituents is 1. The van der Waals surface area contributed by atoms with E-state index in [1.54, 1.807) is 12.1 Å². The highest BCUT2D eigenvalue weighted by Crippen LogP contribution is 2.30. The van der Waals surface area contributed by atoms with Crippen LogP contribution in [0.1, 0.15) is 0 Å². The number of hydrogen-bond donors (Lipinski definition) is 3. The molecule has 0 aliphatic carbocycles. The molecule has 0 spiro atoms. The van der Waals surface area contributed by atoms with Crippen molar-refractivity contribution in [2.45, 2.75) is 0 Å². The molecular formula is C15H15N3O5S. The van der Waals surface area contributed by atoms with Gasteiger partial charge in [-0.3, -0.25) is 10.1 Å². The van der Waals surface area contributed by atoms with Crippen molar-refractivity contribution in [2.75, 3.05) is 24.9 Å². The van der Waals surface area contributed by atoms with Gasteiger partial charge >= 0.3 is 0 Å². The molecule has 3 N–H and O–H groups in total. The van der Waals surface area contributed by atoms with Gasteiger partial charge in [0.15, 0.2) is 5.11 Å². The number of methoxy groups -OCH3 is 2. The number of nitrogens with one attached hydrogen (secondary N) is 2. The molecule has 0 bridgehead atoms. The maximum atomic E-state index is 10.8. The molecule has 9 heteroatoms. The molecule has 0 aliphatic heterocycles. The number of nitro benzene ring substituents is 1. The highest BCUT2D eigenvalue weighted by Gasteiger charge is 2.13. The van der Waals surface area contributed by atoms with E-state index >= 15 is 0 Å². The van der Waals surface area contributed by atoms with Crippen LogP contribution < -0.4 is 20.1 Å². The Morgan fingerprint density at radius 2 is 1.83 bits per heavy atom. The summed E-state index contributed by atoms with van der Waals surface area (Å²) >= 11 is 5.19. The quantitative estimate of drug-likeness (QED) is 0.327. The number of phenols is 1. The molecular weight excluding hydrogens is 334 g/mol. The van der Waals surface area contributed by atoms with Gasteiger partial charge in [-0.1, -0.05) is 0 Å². The van der Waals surface area contributed by atoms with Crippen molar-refractivity contribution in [1.29, 1.82) is 0 Å². The maximum absolute atomic E-state index is 10.8. The lowest BCUT2D eigenvalue weighted by Crippen LogP contribution is -2.19. The van der Waals surface area contributed by atoms with Crippen LogP contribution in [0.3, 0.4) is 0 Å². The van der Waals surface area contributed by atoms with Crippen LogP contribution in [0.25, 0.3) is 0 Å². The van der Waals surface area contributed by atoms with Gasteiger partial charge in [0.2, 0.25) is 0 Å². The molecule has 2 aromatic carbocycles. The fraction of sp³-hybridized carbons (Fsp3) is 0.133. The van der Waals surface area contributed by atoms with Crippen molar-refractivity contribution in [1.82, 2.24) is 0 Å². The standard InChI is InChI=1S/C15H15N3O5S/c1-22-10-4-6-13(19)12(8-10)17-15(24)16-11-5-3-9(18(20)21)7-14(11)23-2/h3-8,19H,1-2H3,(H2,16,17,24). The number of nitro groups is 1. The first kappa shape index (κ1) is 17.3. The van der Waals surface area contributed by atoms with Gasteiger partial charge in [-0.15, -0.1) is 0 Å². The number of thiocarbonyl (C=S) groups is 1. The van der Waals surface area contributed by atoms with E-state index < -0.39 is 4.92 Å². The van der Waals surface area contributed by atoms with Crippen LogP contribution >= 0.6 is 12.2 Å². The number of ether oxygens (including phenoxy) is 2. The smallest absolute Gasteiger partial charge is 0.273 e. The molecule has 0 radical (unpaired) electrons. The first-order chi connectivity index (χ1) is 11.4. The number of rotatable bonds is 5. The minimum Gasteiger partial charge on any atom is -0.506 e. The average Bonchev–Trinajstić information content (AvgIpc) is 2.57. The zero-order chi connectivity index (χ0) is 17.7. The van der Waals surface area contributed by atoms with Gasteiger partial charge in [-0.25, -0.2) is 0 Å². The molecule has 0 saturated carbocycles. The van der Waals surface area contributed by atoms with E-state index in [0.29, 0.717) is 17.1 Å². The predicted octanol–water partition coefficient (Wildman–Crippen LogP) is 3.13. The first-order valence-electron chi connectivity index (χ1n) is 6.72. The van der Waals surface area contributed by atoms with Crippen LogP contribution in [-0.2, 0) is 0 Å². The summed E-state index contributed by atoms with van der Waals surface area (Å²) in [6, 6.07) is 8.75. The number of anilines is 2. The van der Waals surface area contributed by atoms with Crippen LogP contribution in [0, 0.1) is 10.1 Å². The van der Waals surface area contributed by atoms with Gasteiger partial charge in [0.1, 0.15) is 17.2 Å². The molecule has 0 heterocycles. The molecule has 24 heavy (non-hydrogen) atoms. The Labute approximate surface area is 143 Å². The highest BCUT2D eigenvalue weighted by atomic mass is 32.1. The fourth-order valence-corrected chi connectivity index (χ4v) is 2.13. The first-order valence-corrected chi connectivity index (χ1v) is 7.13. The molecule has 0 aromatic heterocycles. The molecule has 0 atom stereocenters. The monoisotopic (exact) mass is 349 g/mol. The van der Waals surface area contributed by atoms with Crippen molar-refractivity contribution in [3.8, 4) is 17.2 Å². The summed E-state index contributed by atoms with van der Waals surface area (Å²) in [4.78, 5) is 10.3. The molecule has 0 fully saturated rings. The molecule has 0 saturated heterocycles. The molecule has 8 nitrogen and oxygen atoms in total. The third-order valence-corrected chi connectivity index (χ3v) is 3.30. The van der Waals surface area contributed by atoms with Crippen molar-refractivity contribution in [2.24, 2.45) is 0 Å². The SMILES string of the molecule is COc1ccc(O)c(NC(=S)Nc2ccc([N+](=O)[O-])cc2OC)c1. The summed E-state index contributed by atoms with van der Waals surface area (Å²) in [7, 11) is 2.91. The average molecular weight is 349 g/mol. The zero-order valence-electron chi connectivity index (χ0n) is 12.9. The Bertz CT molecular complexity index is 782. The molecule has 0 amide bonds. The highest BCUT2D eigenvalue weighted by molar-refractivity contribution is 7.80. The van der Waals surface area contributed by atoms with Crippen LogP contribution in [0.2, 0.25) is 0 Å². The summed E-state index contributed by atoms with van der Waals surface area (Å²) < 4.78 is 10.2. The topological polar surface area (TPSA) is 106 Å². The van der Waals surface area contributed by atoms with E-state index in [4.69, 9.17) is 21.7 Å². The van der Waals surface area contributed by atoms with Gasteiger partial charge in [0.25, 0.3) is 5.69 Å². The maximum Gasteiger partial charge on any atom is 0.273 e. The second-order valence-corrected chi connectivity index (χ2v) is 5.01. The van der Waals surface area contributed by atoms with Crippen LogP contribution in [0.4, 0.5) is 17.1 Å². The summed E-state index contributed by atoms with van der Waals surface area (Å²) in [5.74, 6) is 0.810. The van der Waals surface area contributed by atoms with E-state index in [1.165, 1.54) is 38.5 Å². The van der Waals surface area contributed by atoms with Crippen LogP contribution in [0.5, 0.6) is 17.2 Å². The van der Waals surface area contributed by atoms with Crippen LogP contribution in [0.15, 0.2) is 36.4 Å². The van der Waals surface area contributed by atoms with Crippen molar-refractivity contribution in [3.63, 3.8) is 0 Å². The minimum absolute atomic E-state index is 0.00406. The Balaban J connectivity index is 2.17. The Hall–Kier alpha value is -3.07. The van der Waals surface area contributed by atoms with E-state index in [-0.39, 0.29) is 22.3 Å². The molecule has 2 rings (SSSR count). The van der Waals surface area contributed by atoms with E-state index in [0.717, 1.165) is 0 Å². The van der Waals surface area contributed by atoms with Gasteiger partial charge in [-0.05, 0) is 30.4 Å². The summed E-state index contributed by atoms with van der Waals surface area (Å²) in [6.07, 6.45) is 0. The van der Waals surface area contributed by atoms with Gasteiger partial charge < -0.3 is 25.2 Å². The molecule has 0 unspecified atom stereocenters. The summed E-state index contributed by atoms with van der Waals surface area (Å²) in [5.41, 5.74) is 0.706. The van der Waals surface area contributed by atoms with E-state index in [1.807, 2.05) is 0 Å². The third-order valence-electron chi connectivity index (χ3n) is 3.10. The molecule has 0 aliphatic rings. The zero-order valence-corrected chi connectivity index (χ0v) is 13.7. The second kappa shape index (κ2) is 7.47. The summed E-state index contributed by atoms with van der Waals surface area (Å²) in [6.45, 7) is 0. The number of hydrogen-bond acceptors (Lipinski definition) is 6. The number of aromatic hydroxyl groups is 1. The lowest BCUT2D eigenvalue weighted by molar-refractivity contribution is -0.384. The van der Waals surface area contributed by atoms with Crippen LogP contribution in [-0.4, -0.2) is 29.4 Å². The fourth-order valence-electron chi connectivity index (χ4n) is 1.91. The lowest BCUT2D eigenvalue weighted by Gasteiger charge is -2.14. The minimum atomic E-state index is -0.517. The number of phenolic OH excluding ortho intramolecular Hbond substituents is 1. The van der Waals surface area contributed by atoms with E-state index in [9.17, 15) is 15.2 Å². The van der Waals surface area contributed by atoms with Crippen molar-refractivity contribution in [3.05, 3.63) is 46.5 Å². The predicted molar refractivity (Wildman–Crippen MR) is 94.2 cm³/mol. The molecule has 2 aromatic rings. The largest absolute Gasteiger partial charge is 0.506 e. The number of benzene rings is 2. The van der Waals surface area contributed by atoms with Gasteiger partial charge in [0.05, 0.1) is 36.6 Å². The van der Waals surface area contributed by atoms with Crippen molar-refractivity contribution < 1.29 is 19.5 Å². The summed E-state index contributed by atoms with van der Waals surface area (Å²) in [5, 5.41) is 26.5. The van der Waals surface area contributed by atoms with Gasteiger partial charge in [-0.2, -0.15) is 0 Å². The molecule has 126 valence electrons. The Morgan fingerprint density at radius 3 is 2.46 bits per heavy atom. The number of nitrogens with zero attached hydrogens (tertiary/aromatic N) is 1. The van der Waals surface area contributed by atoms with E-state index in [2.05, 4.69) is 10.6 Å². The third kappa shape index (κ3) is 4.02. The van der Waals surface area contributed by atoms with Gasteiger partial charge in [0, 0.05) is 12.1 Å².